The molecule has 0 aliphatic heterocycles. The first-order valence-corrected chi connectivity index (χ1v) is 9.41. The van der Waals surface area contributed by atoms with E-state index in [1.54, 1.807) is 36.4 Å². The summed E-state index contributed by atoms with van der Waals surface area (Å²) < 4.78 is 56.6. The third kappa shape index (κ3) is 3.94. The van der Waals surface area contributed by atoms with Crippen molar-refractivity contribution < 1.29 is 31.9 Å². The Morgan fingerprint density at radius 3 is 2.53 bits per heavy atom. The summed E-state index contributed by atoms with van der Waals surface area (Å²) >= 11 is 0. The monoisotopic (exact) mass is 440 g/mol. The van der Waals surface area contributed by atoms with E-state index in [0.29, 0.717) is 10.8 Å². The topological polar surface area (TPSA) is 65.7 Å². The first-order valence-electron chi connectivity index (χ1n) is 9.41. The molecule has 0 unspecified atom stereocenters. The van der Waals surface area contributed by atoms with E-state index in [1.807, 2.05) is 0 Å². The van der Waals surface area contributed by atoms with Gasteiger partial charge in [0.25, 0.3) is 0 Å². The molecular weight excluding hydrogens is 425 g/mol. The minimum absolute atomic E-state index is 0.0901. The van der Waals surface area contributed by atoms with Gasteiger partial charge in [-0.3, -0.25) is 4.79 Å². The number of rotatable bonds is 4. The van der Waals surface area contributed by atoms with E-state index in [4.69, 9.17) is 9.15 Å². The molecule has 0 aliphatic carbocycles. The van der Waals surface area contributed by atoms with Gasteiger partial charge in [0.05, 0.1) is 10.9 Å². The Bertz CT molecular complexity index is 1400. The van der Waals surface area contributed by atoms with E-state index in [-0.39, 0.29) is 28.9 Å². The molecule has 162 valence electrons. The highest BCUT2D eigenvalue weighted by Crippen LogP contribution is 2.39. The van der Waals surface area contributed by atoms with Crippen LogP contribution in [0.1, 0.15) is 5.76 Å². The summed E-state index contributed by atoms with van der Waals surface area (Å²) in [7, 11) is 0. The van der Waals surface area contributed by atoms with Crippen molar-refractivity contribution in [2.75, 3.05) is 6.61 Å². The predicted molar refractivity (Wildman–Crippen MR) is 113 cm³/mol. The molecule has 0 radical (unpaired) electrons. The lowest BCUT2D eigenvalue weighted by molar-refractivity contribution is -0.152. The molecule has 0 amide bonds. The average molecular weight is 440 g/mol. The van der Waals surface area contributed by atoms with Gasteiger partial charge in [-0.05, 0) is 28.5 Å². The SMILES string of the molecule is C=CCOC(=O)Oc1ccc2c(=O)c(-c3cccc4ccccc34)c(C(F)(F)F)oc2c1. The van der Waals surface area contributed by atoms with E-state index in [0.717, 1.165) is 6.07 Å². The molecule has 1 aromatic heterocycles. The summed E-state index contributed by atoms with van der Waals surface area (Å²) in [4.78, 5) is 24.8. The Kier molecular flexibility index (Phi) is 5.44. The van der Waals surface area contributed by atoms with Crippen molar-refractivity contribution in [1.29, 1.82) is 0 Å². The van der Waals surface area contributed by atoms with Crippen LogP contribution in [0.5, 0.6) is 5.75 Å². The van der Waals surface area contributed by atoms with Crippen molar-refractivity contribution in [1.82, 2.24) is 0 Å². The van der Waals surface area contributed by atoms with Crippen molar-refractivity contribution in [3.8, 4) is 16.9 Å². The van der Waals surface area contributed by atoms with Crippen LogP contribution < -0.4 is 10.2 Å². The van der Waals surface area contributed by atoms with Gasteiger partial charge < -0.3 is 13.9 Å². The molecule has 3 aromatic carbocycles. The van der Waals surface area contributed by atoms with Crippen LogP contribution in [0, 0.1) is 0 Å². The predicted octanol–water partition coefficient (Wildman–Crippen LogP) is 6.33. The average Bonchev–Trinajstić information content (AvgIpc) is 2.76. The van der Waals surface area contributed by atoms with Gasteiger partial charge in [-0.1, -0.05) is 55.1 Å². The van der Waals surface area contributed by atoms with Crippen molar-refractivity contribution in [3.05, 3.63) is 89.3 Å². The quantitative estimate of drug-likeness (QED) is 0.211. The van der Waals surface area contributed by atoms with Gasteiger partial charge in [0, 0.05) is 6.07 Å². The van der Waals surface area contributed by atoms with Crippen LogP contribution in [-0.2, 0) is 10.9 Å². The molecule has 4 rings (SSSR count). The lowest BCUT2D eigenvalue weighted by Gasteiger charge is -2.14. The maximum atomic E-state index is 13.9. The molecule has 0 aliphatic rings. The van der Waals surface area contributed by atoms with Crippen molar-refractivity contribution >= 4 is 27.9 Å². The smallest absolute Gasteiger partial charge is 0.450 e. The number of fused-ring (bicyclic) bond motifs is 2. The van der Waals surface area contributed by atoms with E-state index in [2.05, 4.69) is 11.3 Å². The van der Waals surface area contributed by atoms with Crippen LogP contribution >= 0.6 is 0 Å². The minimum Gasteiger partial charge on any atom is -0.450 e. The first-order chi connectivity index (χ1) is 15.3. The third-order valence-electron chi connectivity index (χ3n) is 4.70. The van der Waals surface area contributed by atoms with E-state index >= 15 is 0 Å². The summed E-state index contributed by atoms with van der Waals surface area (Å²) in [5.41, 5.74) is -1.70. The van der Waals surface area contributed by atoms with Crippen molar-refractivity contribution in [2.24, 2.45) is 0 Å². The Labute approximate surface area is 179 Å². The fraction of sp³-hybridized carbons (Fsp3) is 0.0833. The van der Waals surface area contributed by atoms with Crippen LogP contribution in [0.4, 0.5) is 18.0 Å². The summed E-state index contributed by atoms with van der Waals surface area (Å²) in [6.07, 6.45) is -4.69. The van der Waals surface area contributed by atoms with Crippen LogP contribution in [-0.4, -0.2) is 12.8 Å². The second-order valence-corrected chi connectivity index (χ2v) is 6.77. The number of carbonyl (C=O) groups is 1. The second-order valence-electron chi connectivity index (χ2n) is 6.77. The number of ether oxygens (including phenoxy) is 2. The molecule has 4 aromatic rings. The lowest BCUT2D eigenvalue weighted by Crippen LogP contribution is -2.16. The number of hydrogen-bond donors (Lipinski definition) is 0. The van der Waals surface area contributed by atoms with E-state index in [1.165, 1.54) is 24.3 Å². The number of carbonyl (C=O) groups excluding carboxylic acids is 1. The van der Waals surface area contributed by atoms with Gasteiger partial charge in [0.1, 0.15) is 17.9 Å². The molecule has 0 atom stereocenters. The molecule has 0 saturated carbocycles. The fourth-order valence-electron chi connectivity index (χ4n) is 3.38. The number of hydrogen-bond acceptors (Lipinski definition) is 5. The Hall–Kier alpha value is -4.07. The van der Waals surface area contributed by atoms with Crippen molar-refractivity contribution in [2.45, 2.75) is 6.18 Å². The molecule has 0 spiro atoms. The van der Waals surface area contributed by atoms with Crippen LogP contribution in [0.3, 0.4) is 0 Å². The van der Waals surface area contributed by atoms with Gasteiger partial charge in [0.15, 0.2) is 0 Å². The standard InChI is InChI=1S/C24H15F3O5/c1-2-12-30-23(29)31-15-10-11-18-19(13-15)32-22(24(25,26)27)20(21(18)28)17-9-5-7-14-6-3-4-8-16(14)17/h2-11,13H,1,12H2. The lowest BCUT2D eigenvalue weighted by atomic mass is 9.96. The summed E-state index contributed by atoms with van der Waals surface area (Å²) in [5, 5.41) is 1.07. The van der Waals surface area contributed by atoms with Gasteiger partial charge in [-0.2, -0.15) is 13.2 Å². The fourth-order valence-corrected chi connectivity index (χ4v) is 3.38. The Morgan fingerprint density at radius 1 is 1.03 bits per heavy atom. The van der Waals surface area contributed by atoms with Crippen LogP contribution in [0.25, 0.3) is 32.9 Å². The summed E-state index contributed by atoms with van der Waals surface area (Å²) in [6.45, 7) is 3.28. The highest BCUT2D eigenvalue weighted by Gasteiger charge is 2.39. The summed E-state index contributed by atoms with van der Waals surface area (Å²) in [6, 6.07) is 15.1. The van der Waals surface area contributed by atoms with Gasteiger partial charge in [-0.25, -0.2) is 4.79 Å². The number of halogens is 3. The van der Waals surface area contributed by atoms with Crippen LogP contribution in [0.15, 0.2) is 82.5 Å². The van der Waals surface area contributed by atoms with Gasteiger partial charge in [-0.15, -0.1) is 0 Å². The number of alkyl halides is 3. The molecule has 0 N–H and O–H groups in total. The first kappa shape index (κ1) is 21.2. The molecule has 0 bridgehead atoms. The molecule has 1 heterocycles. The maximum absolute atomic E-state index is 13.9. The highest BCUT2D eigenvalue weighted by atomic mass is 19.4. The molecule has 8 heteroatoms. The molecular formula is C24H15F3O5. The Balaban J connectivity index is 1.93. The minimum atomic E-state index is -4.95. The van der Waals surface area contributed by atoms with E-state index in [9.17, 15) is 22.8 Å². The Morgan fingerprint density at radius 2 is 1.78 bits per heavy atom. The third-order valence-corrected chi connectivity index (χ3v) is 4.70. The second kappa shape index (κ2) is 8.22. The number of benzene rings is 3. The largest absolute Gasteiger partial charge is 0.514 e. The van der Waals surface area contributed by atoms with Crippen LogP contribution in [0.2, 0.25) is 0 Å². The molecule has 32 heavy (non-hydrogen) atoms. The maximum Gasteiger partial charge on any atom is 0.514 e. The van der Waals surface area contributed by atoms with Gasteiger partial charge in [0.2, 0.25) is 11.2 Å². The summed E-state index contributed by atoms with van der Waals surface area (Å²) in [5.74, 6) is -1.57. The zero-order valence-electron chi connectivity index (χ0n) is 16.4. The highest BCUT2D eigenvalue weighted by molar-refractivity contribution is 5.98. The molecule has 0 fully saturated rings. The normalized spacial score (nSPS) is 11.5. The van der Waals surface area contributed by atoms with Gasteiger partial charge >= 0.3 is 12.3 Å². The van der Waals surface area contributed by atoms with E-state index < -0.39 is 29.1 Å². The van der Waals surface area contributed by atoms with Crippen molar-refractivity contribution in [3.63, 3.8) is 0 Å². The zero-order valence-corrected chi connectivity index (χ0v) is 16.4. The molecule has 0 saturated heterocycles. The zero-order chi connectivity index (χ0) is 22.9. The molecule has 5 nitrogen and oxygen atoms in total.